The summed E-state index contributed by atoms with van der Waals surface area (Å²) in [6, 6.07) is 8.02. The van der Waals surface area contributed by atoms with E-state index in [4.69, 9.17) is 9.47 Å². The molecule has 2 saturated heterocycles. The minimum atomic E-state index is -0.0635. The summed E-state index contributed by atoms with van der Waals surface area (Å²) in [4.78, 5) is 16.7. The molecule has 2 aliphatic heterocycles. The number of carbonyl (C=O) groups excluding carboxylic acids is 1. The minimum absolute atomic E-state index is 0.00406. The first kappa shape index (κ1) is 17.9. The number of hydrogen-bond acceptors (Lipinski definition) is 4. The number of amides is 2. The van der Waals surface area contributed by atoms with Crippen LogP contribution in [0.25, 0.3) is 0 Å². The van der Waals surface area contributed by atoms with Crippen LogP contribution in [0.1, 0.15) is 26.2 Å². The topological polar surface area (TPSA) is 54.0 Å². The van der Waals surface area contributed by atoms with Gasteiger partial charge in [-0.3, -0.25) is 4.90 Å². The Labute approximate surface area is 150 Å². The number of carbonyl (C=O) groups is 1. The van der Waals surface area contributed by atoms with Gasteiger partial charge in [0.2, 0.25) is 0 Å². The maximum absolute atomic E-state index is 12.3. The maximum atomic E-state index is 12.3. The number of ether oxygens (including phenoxy) is 2. The van der Waals surface area contributed by atoms with Crippen LogP contribution in [-0.2, 0) is 0 Å². The number of nitrogens with zero attached hydrogens (tertiary/aromatic N) is 2. The van der Waals surface area contributed by atoms with Crippen LogP contribution < -0.4 is 14.8 Å². The summed E-state index contributed by atoms with van der Waals surface area (Å²) >= 11 is 0. The Hall–Kier alpha value is -1.95. The molecule has 0 saturated carbocycles. The zero-order valence-corrected chi connectivity index (χ0v) is 15.2. The summed E-state index contributed by atoms with van der Waals surface area (Å²) < 4.78 is 11.0. The fourth-order valence-corrected chi connectivity index (χ4v) is 3.43. The van der Waals surface area contributed by atoms with E-state index in [1.54, 1.807) is 7.11 Å². The van der Waals surface area contributed by atoms with Crippen molar-refractivity contribution in [2.24, 2.45) is 0 Å². The highest BCUT2D eigenvalue weighted by atomic mass is 16.5. The Balaban J connectivity index is 1.38. The molecule has 138 valence electrons. The van der Waals surface area contributed by atoms with Crippen molar-refractivity contribution in [1.82, 2.24) is 15.1 Å². The third kappa shape index (κ3) is 4.57. The number of hydrogen-bond donors (Lipinski definition) is 1. The number of methoxy groups -OCH3 is 1. The third-order valence-corrected chi connectivity index (χ3v) is 4.98. The second kappa shape index (κ2) is 8.43. The summed E-state index contributed by atoms with van der Waals surface area (Å²) in [5.41, 5.74) is 0. The van der Waals surface area contributed by atoms with Gasteiger partial charge in [0.1, 0.15) is 6.61 Å². The van der Waals surface area contributed by atoms with Crippen LogP contribution in [0.4, 0.5) is 4.79 Å². The molecule has 0 spiro atoms. The molecule has 6 nitrogen and oxygen atoms in total. The molecule has 0 aliphatic carbocycles. The number of rotatable bonds is 6. The zero-order valence-electron chi connectivity index (χ0n) is 15.2. The monoisotopic (exact) mass is 347 g/mol. The Morgan fingerprint density at radius 3 is 2.56 bits per heavy atom. The summed E-state index contributed by atoms with van der Waals surface area (Å²) in [6.07, 6.45) is 3.93. The number of nitrogens with one attached hydrogen (secondary N) is 1. The van der Waals surface area contributed by atoms with Crippen LogP contribution in [0.15, 0.2) is 24.3 Å². The van der Waals surface area contributed by atoms with Gasteiger partial charge < -0.3 is 19.7 Å². The SMILES string of the molecule is COc1ccccc1OC[C@@H](C)NC(=O)N1CC(N2CCCCC2)C1. The molecule has 2 aliphatic rings. The molecule has 0 unspecified atom stereocenters. The first-order valence-electron chi connectivity index (χ1n) is 9.22. The molecule has 6 heteroatoms. The van der Waals surface area contributed by atoms with E-state index in [1.807, 2.05) is 36.1 Å². The molecule has 2 amide bonds. The third-order valence-electron chi connectivity index (χ3n) is 4.98. The van der Waals surface area contributed by atoms with E-state index in [0.29, 0.717) is 24.1 Å². The molecule has 25 heavy (non-hydrogen) atoms. The lowest BCUT2D eigenvalue weighted by molar-refractivity contribution is 0.0438. The molecule has 0 radical (unpaired) electrons. The average Bonchev–Trinajstić information content (AvgIpc) is 2.60. The summed E-state index contributed by atoms with van der Waals surface area (Å²) in [6.45, 7) is 6.41. The Morgan fingerprint density at radius 1 is 1.20 bits per heavy atom. The van der Waals surface area contributed by atoms with Crippen LogP contribution in [0.3, 0.4) is 0 Å². The van der Waals surface area contributed by atoms with Crippen molar-refractivity contribution in [1.29, 1.82) is 0 Å². The highest BCUT2D eigenvalue weighted by molar-refractivity contribution is 5.75. The van der Waals surface area contributed by atoms with E-state index >= 15 is 0 Å². The van der Waals surface area contributed by atoms with Crippen LogP contribution in [0.2, 0.25) is 0 Å². The molecule has 1 atom stereocenters. The lowest BCUT2D eigenvalue weighted by Crippen LogP contribution is -2.64. The first-order chi connectivity index (χ1) is 12.2. The van der Waals surface area contributed by atoms with Crippen molar-refractivity contribution >= 4 is 6.03 Å². The van der Waals surface area contributed by atoms with Crippen LogP contribution >= 0.6 is 0 Å². The van der Waals surface area contributed by atoms with Crippen molar-refractivity contribution in [3.8, 4) is 11.5 Å². The first-order valence-corrected chi connectivity index (χ1v) is 9.22. The van der Waals surface area contributed by atoms with Crippen molar-refractivity contribution < 1.29 is 14.3 Å². The van der Waals surface area contributed by atoms with E-state index in [9.17, 15) is 4.79 Å². The number of piperidine rings is 1. The van der Waals surface area contributed by atoms with E-state index < -0.39 is 0 Å². The standard InChI is InChI=1S/C19H29N3O3/c1-15(14-25-18-9-5-4-8-17(18)24-2)20-19(23)22-12-16(13-22)21-10-6-3-7-11-21/h4-5,8-9,15-16H,3,6-7,10-14H2,1-2H3,(H,20,23)/t15-/m1/s1. The average molecular weight is 347 g/mol. The summed E-state index contributed by atoms with van der Waals surface area (Å²) in [7, 11) is 1.62. The molecule has 1 aromatic rings. The molecule has 0 aromatic heterocycles. The smallest absolute Gasteiger partial charge is 0.317 e. The van der Waals surface area contributed by atoms with Crippen LogP contribution in [0, 0.1) is 0 Å². The van der Waals surface area contributed by atoms with Gasteiger partial charge in [0, 0.05) is 19.1 Å². The van der Waals surface area contributed by atoms with Gasteiger partial charge in [-0.25, -0.2) is 4.79 Å². The quantitative estimate of drug-likeness (QED) is 0.858. The van der Waals surface area contributed by atoms with E-state index in [2.05, 4.69) is 10.2 Å². The maximum Gasteiger partial charge on any atom is 0.317 e. The second-order valence-corrected chi connectivity index (χ2v) is 6.97. The Morgan fingerprint density at radius 2 is 1.88 bits per heavy atom. The lowest BCUT2D eigenvalue weighted by atomic mass is 10.0. The number of urea groups is 1. The van der Waals surface area contributed by atoms with Gasteiger partial charge in [0.25, 0.3) is 0 Å². The van der Waals surface area contributed by atoms with E-state index in [0.717, 1.165) is 13.1 Å². The normalized spacial score (nSPS) is 19.8. The fourth-order valence-electron chi connectivity index (χ4n) is 3.43. The van der Waals surface area contributed by atoms with Gasteiger partial charge in [0.05, 0.1) is 13.2 Å². The van der Waals surface area contributed by atoms with Gasteiger partial charge in [-0.05, 0) is 45.0 Å². The van der Waals surface area contributed by atoms with Crippen molar-refractivity contribution in [3.63, 3.8) is 0 Å². The number of likely N-dealkylation sites (tertiary alicyclic amines) is 2. The highest BCUT2D eigenvalue weighted by Crippen LogP contribution is 2.25. The van der Waals surface area contributed by atoms with E-state index in [-0.39, 0.29) is 12.1 Å². The van der Waals surface area contributed by atoms with Gasteiger partial charge in [-0.1, -0.05) is 18.6 Å². The Bertz CT molecular complexity index is 569. The van der Waals surface area contributed by atoms with Crippen LogP contribution in [-0.4, -0.2) is 67.8 Å². The summed E-state index contributed by atoms with van der Waals surface area (Å²) in [5, 5.41) is 3.02. The van der Waals surface area contributed by atoms with Gasteiger partial charge >= 0.3 is 6.03 Å². The molecule has 1 aromatic carbocycles. The predicted octanol–water partition coefficient (Wildman–Crippen LogP) is 2.34. The molecule has 1 N–H and O–H groups in total. The largest absolute Gasteiger partial charge is 0.493 e. The Kier molecular flexibility index (Phi) is 6.02. The summed E-state index contributed by atoms with van der Waals surface area (Å²) in [5.74, 6) is 1.40. The van der Waals surface area contributed by atoms with Gasteiger partial charge in [-0.2, -0.15) is 0 Å². The van der Waals surface area contributed by atoms with Crippen molar-refractivity contribution in [3.05, 3.63) is 24.3 Å². The zero-order chi connectivity index (χ0) is 17.6. The van der Waals surface area contributed by atoms with Gasteiger partial charge in [0.15, 0.2) is 11.5 Å². The number of para-hydroxylation sites is 2. The predicted molar refractivity (Wildman–Crippen MR) is 97.3 cm³/mol. The minimum Gasteiger partial charge on any atom is -0.493 e. The molecule has 0 bridgehead atoms. The molecule has 3 rings (SSSR count). The van der Waals surface area contributed by atoms with Crippen molar-refractivity contribution in [2.45, 2.75) is 38.3 Å². The van der Waals surface area contributed by atoms with Crippen LogP contribution in [0.5, 0.6) is 11.5 Å². The lowest BCUT2D eigenvalue weighted by Gasteiger charge is -2.46. The second-order valence-electron chi connectivity index (χ2n) is 6.97. The highest BCUT2D eigenvalue weighted by Gasteiger charge is 2.35. The fraction of sp³-hybridized carbons (Fsp3) is 0.632. The van der Waals surface area contributed by atoms with Crippen molar-refractivity contribution in [2.75, 3.05) is 39.9 Å². The molecule has 2 heterocycles. The molecular formula is C19H29N3O3. The van der Waals surface area contributed by atoms with E-state index in [1.165, 1.54) is 32.4 Å². The molecular weight excluding hydrogens is 318 g/mol. The number of benzene rings is 1. The molecule has 2 fully saturated rings. The van der Waals surface area contributed by atoms with Gasteiger partial charge in [-0.15, -0.1) is 0 Å².